The van der Waals surface area contributed by atoms with Gasteiger partial charge in [-0.2, -0.15) is 0 Å². The van der Waals surface area contributed by atoms with Gasteiger partial charge < -0.3 is 14.6 Å². The Morgan fingerprint density at radius 3 is 2.72 bits per heavy atom. The molecule has 25 heavy (non-hydrogen) atoms. The number of benzene rings is 2. The van der Waals surface area contributed by atoms with Gasteiger partial charge >= 0.3 is 0 Å². The van der Waals surface area contributed by atoms with Crippen molar-refractivity contribution in [3.63, 3.8) is 0 Å². The van der Waals surface area contributed by atoms with Gasteiger partial charge in [0.25, 0.3) is 11.5 Å². The second-order valence-electron chi connectivity index (χ2n) is 5.50. The van der Waals surface area contributed by atoms with Crippen LogP contribution in [0.25, 0.3) is 10.9 Å². The van der Waals surface area contributed by atoms with Crippen molar-refractivity contribution in [2.24, 2.45) is 0 Å². The Morgan fingerprint density at radius 1 is 1.20 bits per heavy atom. The van der Waals surface area contributed by atoms with E-state index < -0.39 is 0 Å². The summed E-state index contributed by atoms with van der Waals surface area (Å²) in [7, 11) is 1.62. The Kier molecular flexibility index (Phi) is 5.00. The van der Waals surface area contributed by atoms with Gasteiger partial charge in [0.2, 0.25) is 0 Å². The Balaban J connectivity index is 1.67. The number of nitrogens with one attached hydrogen (secondary N) is 1. The number of carbonyl (C=O) groups excluding carboxylic acids is 1. The highest BCUT2D eigenvalue weighted by Crippen LogP contribution is 2.22. The SMILES string of the molecule is CN(Cc1nc2ccccc2c(=O)[nH]1)C(=O)COc1ccccc1Cl. The predicted octanol–water partition coefficient (Wildman–Crippen LogP) is 2.61. The molecule has 0 spiro atoms. The first-order valence-corrected chi connectivity index (χ1v) is 8.01. The third-order valence-electron chi connectivity index (χ3n) is 3.66. The quantitative estimate of drug-likeness (QED) is 0.761. The molecule has 2 aromatic carbocycles. The molecule has 0 radical (unpaired) electrons. The van der Waals surface area contributed by atoms with Crippen LogP contribution in [0.5, 0.6) is 5.75 Å². The number of ether oxygens (including phenoxy) is 1. The number of rotatable bonds is 5. The van der Waals surface area contributed by atoms with Gasteiger partial charge in [-0.15, -0.1) is 0 Å². The average molecular weight is 358 g/mol. The first-order valence-electron chi connectivity index (χ1n) is 7.64. The fraction of sp³-hybridized carbons (Fsp3) is 0.167. The molecule has 0 fully saturated rings. The van der Waals surface area contributed by atoms with Gasteiger partial charge in [0.15, 0.2) is 6.61 Å². The summed E-state index contributed by atoms with van der Waals surface area (Å²) < 4.78 is 5.44. The second-order valence-corrected chi connectivity index (χ2v) is 5.91. The zero-order chi connectivity index (χ0) is 17.8. The molecular formula is C18H16ClN3O3. The van der Waals surface area contributed by atoms with Gasteiger partial charge in [0.1, 0.15) is 11.6 Å². The highest BCUT2D eigenvalue weighted by Gasteiger charge is 2.13. The van der Waals surface area contributed by atoms with Crippen molar-refractivity contribution < 1.29 is 9.53 Å². The number of fused-ring (bicyclic) bond motifs is 1. The van der Waals surface area contributed by atoms with Crippen LogP contribution in [0.1, 0.15) is 5.82 Å². The largest absolute Gasteiger partial charge is 0.482 e. The highest BCUT2D eigenvalue weighted by molar-refractivity contribution is 6.32. The standard InChI is InChI=1S/C18H16ClN3O3/c1-22(17(23)11-25-15-9-5-3-7-13(15)19)10-16-20-14-8-4-2-6-12(14)18(24)21-16/h2-9H,10-11H2,1H3,(H,20,21,24). The van der Waals surface area contributed by atoms with E-state index in [0.29, 0.717) is 27.5 Å². The van der Waals surface area contributed by atoms with Crippen molar-refractivity contribution in [3.05, 3.63) is 69.7 Å². The molecular weight excluding hydrogens is 342 g/mol. The van der Waals surface area contributed by atoms with Gasteiger partial charge in [-0.3, -0.25) is 9.59 Å². The maximum absolute atomic E-state index is 12.2. The van der Waals surface area contributed by atoms with Gasteiger partial charge in [0, 0.05) is 7.05 Å². The molecule has 6 nitrogen and oxygen atoms in total. The Labute approximate surface area is 149 Å². The predicted molar refractivity (Wildman–Crippen MR) is 95.8 cm³/mol. The van der Waals surface area contributed by atoms with Crippen molar-refractivity contribution in [3.8, 4) is 5.75 Å². The fourth-order valence-electron chi connectivity index (χ4n) is 2.33. The lowest BCUT2D eigenvalue weighted by atomic mass is 10.2. The van der Waals surface area contributed by atoms with Crippen LogP contribution in [-0.4, -0.2) is 34.4 Å². The van der Waals surface area contributed by atoms with Gasteiger partial charge in [-0.05, 0) is 24.3 Å². The molecule has 0 saturated carbocycles. The molecule has 1 amide bonds. The highest BCUT2D eigenvalue weighted by atomic mass is 35.5. The van der Waals surface area contributed by atoms with Crippen molar-refractivity contribution in [2.45, 2.75) is 6.54 Å². The summed E-state index contributed by atoms with van der Waals surface area (Å²) in [6.07, 6.45) is 0. The van der Waals surface area contributed by atoms with Gasteiger partial charge in [-0.25, -0.2) is 4.98 Å². The molecule has 7 heteroatoms. The van der Waals surface area contributed by atoms with E-state index in [1.165, 1.54) is 4.90 Å². The number of hydrogen-bond acceptors (Lipinski definition) is 4. The van der Waals surface area contributed by atoms with Crippen LogP contribution < -0.4 is 10.3 Å². The third-order valence-corrected chi connectivity index (χ3v) is 3.97. The van der Waals surface area contributed by atoms with Crippen LogP contribution in [0.3, 0.4) is 0 Å². The minimum absolute atomic E-state index is 0.155. The molecule has 0 saturated heterocycles. The number of carbonyl (C=O) groups is 1. The lowest BCUT2D eigenvalue weighted by Gasteiger charge is -2.17. The topological polar surface area (TPSA) is 75.3 Å². The van der Waals surface area contributed by atoms with E-state index in [4.69, 9.17) is 16.3 Å². The molecule has 0 aliphatic rings. The molecule has 0 unspecified atom stereocenters. The van der Waals surface area contributed by atoms with E-state index in [2.05, 4.69) is 9.97 Å². The van der Waals surface area contributed by atoms with Crippen molar-refractivity contribution in [1.82, 2.24) is 14.9 Å². The van der Waals surface area contributed by atoms with Crippen LogP contribution in [0.2, 0.25) is 5.02 Å². The van der Waals surface area contributed by atoms with Crippen LogP contribution in [0, 0.1) is 0 Å². The van der Waals surface area contributed by atoms with Crippen LogP contribution in [0.4, 0.5) is 0 Å². The zero-order valence-electron chi connectivity index (χ0n) is 13.5. The van der Waals surface area contributed by atoms with Crippen LogP contribution >= 0.6 is 11.6 Å². The molecule has 1 aromatic heterocycles. The number of aromatic amines is 1. The summed E-state index contributed by atoms with van der Waals surface area (Å²) in [4.78, 5) is 32.8. The Hall–Kier alpha value is -2.86. The number of hydrogen-bond donors (Lipinski definition) is 1. The molecule has 3 aromatic rings. The number of H-pyrrole nitrogens is 1. The lowest BCUT2D eigenvalue weighted by Crippen LogP contribution is -2.32. The first-order chi connectivity index (χ1) is 12.0. The summed E-state index contributed by atoms with van der Waals surface area (Å²) in [6.45, 7) is 0.0167. The number of halogens is 1. The molecule has 3 rings (SSSR count). The van der Waals surface area contributed by atoms with E-state index in [1.54, 1.807) is 49.5 Å². The van der Waals surface area contributed by atoms with Crippen molar-refractivity contribution in [2.75, 3.05) is 13.7 Å². The maximum atomic E-state index is 12.2. The summed E-state index contributed by atoms with van der Waals surface area (Å²) in [5, 5.41) is 0.959. The zero-order valence-corrected chi connectivity index (χ0v) is 14.3. The van der Waals surface area contributed by atoms with Crippen molar-refractivity contribution >= 4 is 28.4 Å². The van der Waals surface area contributed by atoms with Crippen LogP contribution in [-0.2, 0) is 11.3 Å². The molecule has 0 atom stereocenters. The molecule has 0 bridgehead atoms. The number of aromatic nitrogens is 2. The summed E-state index contributed by atoms with van der Waals surface area (Å²) in [5.41, 5.74) is 0.364. The minimum atomic E-state index is -0.254. The summed E-state index contributed by atoms with van der Waals surface area (Å²) in [6, 6.07) is 14.0. The van der Waals surface area contributed by atoms with Gasteiger partial charge in [-0.1, -0.05) is 35.9 Å². The monoisotopic (exact) mass is 357 g/mol. The lowest BCUT2D eigenvalue weighted by molar-refractivity contribution is -0.132. The fourth-order valence-corrected chi connectivity index (χ4v) is 2.52. The molecule has 1 heterocycles. The normalized spacial score (nSPS) is 10.6. The van der Waals surface area contributed by atoms with Crippen LogP contribution in [0.15, 0.2) is 53.3 Å². The summed E-state index contributed by atoms with van der Waals surface area (Å²) in [5.74, 6) is 0.608. The van der Waals surface area contributed by atoms with E-state index in [0.717, 1.165) is 0 Å². The smallest absolute Gasteiger partial charge is 0.260 e. The van der Waals surface area contributed by atoms with Gasteiger partial charge in [0.05, 0.1) is 22.5 Å². The van der Waals surface area contributed by atoms with E-state index in [-0.39, 0.29) is 24.6 Å². The average Bonchev–Trinajstić information content (AvgIpc) is 2.61. The van der Waals surface area contributed by atoms with E-state index in [1.807, 2.05) is 6.07 Å². The number of likely N-dealkylation sites (N-methyl/N-ethyl adjacent to an activating group) is 1. The molecule has 128 valence electrons. The first kappa shape index (κ1) is 17.0. The Morgan fingerprint density at radius 2 is 1.92 bits per heavy atom. The number of nitrogens with zero attached hydrogens (tertiary/aromatic N) is 2. The second kappa shape index (κ2) is 7.36. The number of amides is 1. The van der Waals surface area contributed by atoms with Crippen molar-refractivity contribution in [1.29, 1.82) is 0 Å². The molecule has 0 aliphatic carbocycles. The number of para-hydroxylation sites is 2. The third kappa shape index (κ3) is 3.97. The van der Waals surface area contributed by atoms with E-state index >= 15 is 0 Å². The Bertz CT molecular complexity index is 971. The summed E-state index contributed by atoms with van der Waals surface area (Å²) >= 11 is 5.99. The minimum Gasteiger partial charge on any atom is -0.482 e. The molecule has 0 aliphatic heterocycles. The maximum Gasteiger partial charge on any atom is 0.260 e. The van der Waals surface area contributed by atoms with E-state index in [9.17, 15) is 9.59 Å². The molecule has 1 N–H and O–H groups in total.